The predicted molar refractivity (Wildman–Crippen MR) is 75.0 cm³/mol. The largest absolute Gasteiger partial charge is 0.466 e. The standard InChI is InChI=1S/C15H24N2O2/c1-10-7-14(11(2)19-10)15(18)17-9-13-6-4-3-5-12(13)8-16/h7,12-13H,3-6,8-9,16H2,1-2H3,(H,17,18). The van der Waals surface area contributed by atoms with E-state index in [0.29, 0.717) is 23.2 Å². The van der Waals surface area contributed by atoms with E-state index in [4.69, 9.17) is 10.2 Å². The molecule has 0 aromatic carbocycles. The van der Waals surface area contributed by atoms with Gasteiger partial charge in [0.05, 0.1) is 5.56 Å². The van der Waals surface area contributed by atoms with E-state index < -0.39 is 0 Å². The third kappa shape index (κ3) is 3.38. The summed E-state index contributed by atoms with van der Waals surface area (Å²) in [6, 6.07) is 1.80. The van der Waals surface area contributed by atoms with Gasteiger partial charge in [0.2, 0.25) is 0 Å². The summed E-state index contributed by atoms with van der Waals surface area (Å²) in [5.74, 6) is 2.52. The first-order valence-electron chi connectivity index (χ1n) is 7.17. The van der Waals surface area contributed by atoms with Crippen LogP contribution < -0.4 is 11.1 Å². The van der Waals surface area contributed by atoms with E-state index in [1.807, 2.05) is 13.8 Å². The highest BCUT2D eigenvalue weighted by Gasteiger charge is 2.24. The molecule has 1 fully saturated rings. The Labute approximate surface area is 114 Å². The lowest BCUT2D eigenvalue weighted by Crippen LogP contribution is -2.37. The summed E-state index contributed by atoms with van der Waals surface area (Å²) in [7, 11) is 0. The molecule has 1 saturated carbocycles. The average molecular weight is 264 g/mol. The molecule has 0 bridgehead atoms. The van der Waals surface area contributed by atoms with Crippen molar-refractivity contribution in [2.45, 2.75) is 39.5 Å². The Morgan fingerprint density at radius 3 is 2.63 bits per heavy atom. The first kappa shape index (κ1) is 14.1. The molecule has 1 aliphatic rings. The molecule has 106 valence electrons. The maximum atomic E-state index is 12.1. The van der Waals surface area contributed by atoms with Crippen LogP contribution in [0.15, 0.2) is 10.5 Å². The van der Waals surface area contributed by atoms with Crippen molar-refractivity contribution in [3.05, 3.63) is 23.2 Å². The van der Waals surface area contributed by atoms with E-state index in [9.17, 15) is 4.79 Å². The average Bonchev–Trinajstić information content (AvgIpc) is 2.75. The van der Waals surface area contributed by atoms with Crippen LogP contribution in [0.3, 0.4) is 0 Å². The zero-order valence-electron chi connectivity index (χ0n) is 11.9. The fraction of sp³-hybridized carbons (Fsp3) is 0.667. The van der Waals surface area contributed by atoms with Crippen LogP contribution in [0.25, 0.3) is 0 Å². The van der Waals surface area contributed by atoms with E-state index in [-0.39, 0.29) is 5.91 Å². The molecule has 0 aliphatic heterocycles. The number of nitrogens with two attached hydrogens (primary N) is 1. The Morgan fingerprint density at radius 1 is 1.37 bits per heavy atom. The van der Waals surface area contributed by atoms with Gasteiger partial charge in [0.1, 0.15) is 11.5 Å². The molecular weight excluding hydrogens is 240 g/mol. The first-order chi connectivity index (χ1) is 9.11. The molecule has 4 nitrogen and oxygen atoms in total. The van der Waals surface area contributed by atoms with Gasteiger partial charge in [-0.25, -0.2) is 0 Å². The number of amides is 1. The summed E-state index contributed by atoms with van der Waals surface area (Å²) in [6.07, 6.45) is 4.89. The summed E-state index contributed by atoms with van der Waals surface area (Å²) in [5.41, 5.74) is 6.46. The molecule has 2 rings (SSSR count). The number of rotatable bonds is 4. The third-order valence-corrected chi connectivity index (χ3v) is 4.18. The van der Waals surface area contributed by atoms with Gasteiger partial charge in [0.15, 0.2) is 0 Å². The highest BCUT2D eigenvalue weighted by Crippen LogP contribution is 2.28. The van der Waals surface area contributed by atoms with E-state index in [1.54, 1.807) is 6.07 Å². The van der Waals surface area contributed by atoms with Crippen molar-refractivity contribution < 1.29 is 9.21 Å². The molecular formula is C15H24N2O2. The number of carbonyl (C=O) groups is 1. The van der Waals surface area contributed by atoms with Crippen molar-refractivity contribution in [2.75, 3.05) is 13.1 Å². The van der Waals surface area contributed by atoms with Crippen LogP contribution in [0.1, 0.15) is 47.6 Å². The summed E-state index contributed by atoms with van der Waals surface area (Å²) in [6.45, 7) is 5.13. The van der Waals surface area contributed by atoms with Gasteiger partial charge in [-0.2, -0.15) is 0 Å². The first-order valence-corrected chi connectivity index (χ1v) is 7.17. The minimum absolute atomic E-state index is 0.0318. The number of carbonyl (C=O) groups excluding carboxylic acids is 1. The molecule has 0 radical (unpaired) electrons. The van der Waals surface area contributed by atoms with Gasteiger partial charge >= 0.3 is 0 Å². The van der Waals surface area contributed by atoms with Gasteiger partial charge in [0.25, 0.3) is 5.91 Å². The molecule has 3 N–H and O–H groups in total. The highest BCUT2D eigenvalue weighted by molar-refractivity contribution is 5.95. The molecule has 1 aromatic rings. The molecule has 0 spiro atoms. The van der Waals surface area contributed by atoms with Gasteiger partial charge < -0.3 is 15.5 Å². The molecule has 19 heavy (non-hydrogen) atoms. The minimum Gasteiger partial charge on any atom is -0.466 e. The molecule has 1 aromatic heterocycles. The van der Waals surface area contributed by atoms with Gasteiger partial charge in [-0.3, -0.25) is 4.79 Å². The normalized spacial score (nSPS) is 23.3. The van der Waals surface area contributed by atoms with E-state index >= 15 is 0 Å². The van der Waals surface area contributed by atoms with Gasteiger partial charge in [-0.05, 0) is 51.1 Å². The van der Waals surface area contributed by atoms with Crippen molar-refractivity contribution in [1.29, 1.82) is 0 Å². The predicted octanol–water partition coefficient (Wildman–Crippen LogP) is 2.39. The summed E-state index contributed by atoms with van der Waals surface area (Å²) in [4.78, 5) is 12.1. The van der Waals surface area contributed by atoms with Crippen LogP contribution in [0.2, 0.25) is 0 Å². The quantitative estimate of drug-likeness (QED) is 0.877. The Balaban J connectivity index is 1.91. The topological polar surface area (TPSA) is 68.3 Å². The summed E-state index contributed by atoms with van der Waals surface area (Å²) in [5, 5.41) is 3.03. The van der Waals surface area contributed by atoms with Crippen LogP contribution in [0.4, 0.5) is 0 Å². The van der Waals surface area contributed by atoms with Crippen LogP contribution >= 0.6 is 0 Å². The fourth-order valence-corrected chi connectivity index (χ4v) is 3.04. The number of hydrogen-bond acceptors (Lipinski definition) is 3. The monoisotopic (exact) mass is 264 g/mol. The van der Waals surface area contributed by atoms with Crippen molar-refractivity contribution in [1.82, 2.24) is 5.32 Å². The second kappa shape index (κ2) is 6.24. The maximum Gasteiger partial charge on any atom is 0.254 e. The van der Waals surface area contributed by atoms with Gasteiger partial charge in [-0.1, -0.05) is 12.8 Å². The summed E-state index contributed by atoms with van der Waals surface area (Å²) >= 11 is 0. The third-order valence-electron chi connectivity index (χ3n) is 4.18. The Hall–Kier alpha value is -1.29. The lowest BCUT2D eigenvalue weighted by molar-refractivity contribution is 0.0933. The van der Waals surface area contributed by atoms with Crippen molar-refractivity contribution in [3.63, 3.8) is 0 Å². The molecule has 1 heterocycles. The van der Waals surface area contributed by atoms with Crippen molar-refractivity contribution in [3.8, 4) is 0 Å². The second-order valence-electron chi connectivity index (χ2n) is 5.58. The number of hydrogen-bond donors (Lipinski definition) is 2. The zero-order valence-corrected chi connectivity index (χ0v) is 11.9. The number of nitrogens with one attached hydrogen (secondary N) is 1. The summed E-state index contributed by atoms with van der Waals surface area (Å²) < 4.78 is 5.39. The number of aryl methyl sites for hydroxylation is 2. The van der Waals surface area contributed by atoms with Crippen LogP contribution in [0, 0.1) is 25.7 Å². The molecule has 2 unspecified atom stereocenters. The Morgan fingerprint density at radius 2 is 2.05 bits per heavy atom. The fourth-order valence-electron chi connectivity index (χ4n) is 3.04. The zero-order chi connectivity index (χ0) is 13.8. The highest BCUT2D eigenvalue weighted by atomic mass is 16.3. The Bertz CT molecular complexity index is 439. The van der Waals surface area contributed by atoms with Crippen molar-refractivity contribution >= 4 is 5.91 Å². The molecule has 2 atom stereocenters. The molecule has 4 heteroatoms. The Kier molecular flexibility index (Phi) is 4.64. The maximum absolute atomic E-state index is 12.1. The van der Waals surface area contributed by atoms with Crippen LogP contribution in [0.5, 0.6) is 0 Å². The molecule has 1 aliphatic carbocycles. The lowest BCUT2D eigenvalue weighted by atomic mass is 9.79. The number of furan rings is 1. The van der Waals surface area contributed by atoms with Gasteiger partial charge in [-0.15, -0.1) is 0 Å². The SMILES string of the molecule is Cc1cc(C(=O)NCC2CCCCC2CN)c(C)o1. The molecule has 1 amide bonds. The lowest BCUT2D eigenvalue weighted by Gasteiger charge is -2.30. The second-order valence-corrected chi connectivity index (χ2v) is 5.58. The smallest absolute Gasteiger partial charge is 0.254 e. The van der Waals surface area contributed by atoms with E-state index in [0.717, 1.165) is 18.8 Å². The van der Waals surface area contributed by atoms with Crippen LogP contribution in [-0.4, -0.2) is 19.0 Å². The van der Waals surface area contributed by atoms with E-state index in [2.05, 4.69) is 5.32 Å². The van der Waals surface area contributed by atoms with Gasteiger partial charge in [0, 0.05) is 6.54 Å². The minimum atomic E-state index is -0.0318. The van der Waals surface area contributed by atoms with Crippen LogP contribution in [-0.2, 0) is 0 Å². The molecule has 0 saturated heterocycles. The van der Waals surface area contributed by atoms with Crippen molar-refractivity contribution in [2.24, 2.45) is 17.6 Å². The van der Waals surface area contributed by atoms with E-state index in [1.165, 1.54) is 25.7 Å².